The number of alkyl halides is 1. The van der Waals surface area contributed by atoms with Gasteiger partial charge in [-0.1, -0.05) is 12.2 Å². The van der Waals surface area contributed by atoms with E-state index < -0.39 is 18.2 Å². The van der Waals surface area contributed by atoms with Gasteiger partial charge in [-0.05, 0) is 69.9 Å². The fourth-order valence-corrected chi connectivity index (χ4v) is 5.47. The first-order valence-corrected chi connectivity index (χ1v) is 12.3. The largest absolute Gasteiger partial charge is 0.459 e. The van der Waals surface area contributed by atoms with Gasteiger partial charge < -0.3 is 25.2 Å². The van der Waals surface area contributed by atoms with Gasteiger partial charge in [0.2, 0.25) is 0 Å². The van der Waals surface area contributed by atoms with Crippen LogP contribution in [0.4, 0.5) is 0 Å². The molecule has 0 radical (unpaired) electrons. The molecule has 1 aliphatic rings. The maximum Gasteiger partial charge on any atom is 0.348 e. The molecule has 176 valence electrons. The molecule has 0 bridgehead atoms. The highest BCUT2D eigenvalue weighted by Crippen LogP contribution is 2.40. The predicted octanol–water partition coefficient (Wildman–Crippen LogP) is 3.29. The summed E-state index contributed by atoms with van der Waals surface area (Å²) in [6.07, 6.45) is 7.27. The Balaban J connectivity index is 1.83. The van der Waals surface area contributed by atoms with Gasteiger partial charge in [-0.3, -0.25) is 0 Å². The van der Waals surface area contributed by atoms with Crippen LogP contribution in [0.1, 0.15) is 60.0 Å². The molecular weight excluding hydrogens is 440 g/mol. The zero-order valence-corrected chi connectivity index (χ0v) is 19.6. The molecule has 1 aromatic heterocycles. The Hall–Kier alpha value is -0.960. The minimum Gasteiger partial charge on any atom is -0.459 e. The molecule has 0 unspecified atom stereocenters. The van der Waals surface area contributed by atoms with Crippen LogP contribution in [-0.2, 0) is 11.2 Å². The second-order valence-corrected chi connectivity index (χ2v) is 10.0. The number of carbonyl (C=O) groups is 1. The summed E-state index contributed by atoms with van der Waals surface area (Å²) >= 11 is 7.91. The van der Waals surface area contributed by atoms with Crippen molar-refractivity contribution in [3.8, 4) is 0 Å². The highest BCUT2D eigenvalue weighted by atomic mass is 35.5. The maximum atomic E-state index is 11.8. The Labute approximate surface area is 193 Å². The van der Waals surface area contributed by atoms with Crippen molar-refractivity contribution in [3.05, 3.63) is 34.0 Å². The monoisotopic (exact) mass is 474 g/mol. The fraction of sp³-hybridized carbons (Fsp3) is 0.696. The molecule has 1 aromatic rings. The number of halogens is 1. The molecule has 1 heterocycles. The Morgan fingerprint density at radius 3 is 2.81 bits per heavy atom. The zero-order valence-electron chi connectivity index (χ0n) is 18.0. The van der Waals surface area contributed by atoms with E-state index in [1.807, 2.05) is 12.1 Å². The average molecular weight is 475 g/mol. The topological polar surface area (TPSA) is 107 Å². The van der Waals surface area contributed by atoms with Crippen molar-refractivity contribution < 1.29 is 30.0 Å². The first kappa shape index (κ1) is 26.3. The van der Waals surface area contributed by atoms with Crippen LogP contribution in [0.3, 0.4) is 0 Å². The van der Waals surface area contributed by atoms with Crippen LogP contribution >= 0.6 is 22.9 Å². The average Bonchev–Trinajstić information content (AvgIpc) is 3.29. The Morgan fingerprint density at radius 2 is 2.10 bits per heavy atom. The van der Waals surface area contributed by atoms with Gasteiger partial charge in [-0.2, -0.15) is 0 Å². The van der Waals surface area contributed by atoms with Crippen molar-refractivity contribution in [2.75, 3.05) is 13.2 Å². The highest BCUT2D eigenvalue weighted by molar-refractivity contribution is 7.13. The minimum absolute atomic E-state index is 0.00263. The van der Waals surface area contributed by atoms with Crippen LogP contribution in [-0.4, -0.2) is 63.3 Å². The molecule has 0 aliphatic heterocycles. The number of thiophene rings is 1. The van der Waals surface area contributed by atoms with Crippen LogP contribution in [0.2, 0.25) is 0 Å². The quantitative estimate of drug-likeness (QED) is 0.198. The molecule has 1 saturated carbocycles. The van der Waals surface area contributed by atoms with Crippen molar-refractivity contribution in [2.24, 2.45) is 11.8 Å². The second kappa shape index (κ2) is 13.6. The summed E-state index contributed by atoms with van der Waals surface area (Å²) in [5, 5.41) is 38.5. The van der Waals surface area contributed by atoms with E-state index in [9.17, 15) is 20.1 Å². The van der Waals surface area contributed by atoms with Gasteiger partial charge >= 0.3 is 5.97 Å². The van der Waals surface area contributed by atoms with Gasteiger partial charge in [0.25, 0.3) is 0 Å². The second-order valence-electron chi connectivity index (χ2n) is 8.31. The van der Waals surface area contributed by atoms with E-state index in [-0.39, 0.29) is 36.5 Å². The summed E-state index contributed by atoms with van der Waals surface area (Å²) in [6, 6.07) is 3.66. The zero-order chi connectivity index (χ0) is 22.8. The summed E-state index contributed by atoms with van der Waals surface area (Å²) in [7, 11) is 0. The SMILES string of the molecule is C[C@@H](O)CCC[C@H](O)/C=C/[C@@H]1[C@@H](CCCc2ccc(C(=O)OCCO)s2)[C@H](Cl)C[C@H]1O. The summed E-state index contributed by atoms with van der Waals surface area (Å²) in [5.74, 6) is -0.366. The molecule has 6 nitrogen and oxygen atoms in total. The normalized spacial score (nSPS) is 25.7. The molecular formula is C23H35ClO6S. The maximum absolute atomic E-state index is 11.8. The number of hydrogen-bond donors (Lipinski definition) is 4. The highest BCUT2D eigenvalue weighted by Gasteiger charge is 2.39. The third-order valence-corrected chi connectivity index (χ3v) is 7.32. The van der Waals surface area contributed by atoms with Crippen LogP contribution in [0.25, 0.3) is 0 Å². The number of ether oxygens (including phenoxy) is 1. The molecule has 8 heteroatoms. The van der Waals surface area contributed by atoms with Crippen LogP contribution in [0.5, 0.6) is 0 Å². The summed E-state index contributed by atoms with van der Waals surface area (Å²) in [5.41, 5.74) is 0. The van der Waals surface area contributed by atoms with Crippen molar-refractivity contribution in [2.45, 2.75) is 75.6 Å². The van der Waals surface area contributed by atoms with Gasteiger partial charge in [0.1, 0.15) is 11.5 Å². The first-order valence-electron chi connectivity index (χ1n) is 11.0. The fourth-order valence-electron chi connectivity index (χ4n) is 4.05. The van der Waals surface area contributed by atoms with E-state index >= 15 is 0 Å². The predicted molar refractivity (Wildman–Crippen MR) is 123 cm³/mol. The summed E-state index contributed by atoms with van der Waals surface area (Å²) in [4.78, 5) is 13.5. The van der Waals surface area contributed by atoms with Gasteiger partial charge in [0.05, 0.1) is 24.9 Å². The minimum atomic E-state index is -0.587. The Bertz CT molecular complexity index is 691. The number of hydrogen-bond acceptors (Lipinski definition) is 7. The molecule has 0 amide bonds. The lowest BCUT2D eigenvalue weighted by Gasteiger charge is -2.21. The third kappa shape index (κ3) is 8.83. The van der Waals surface area contributed by atoms with Gasteiger partial charge in [-0.25, -0.2) is 4.79 Å². The van der Waals surface area contributed by atoms with Gasteiger partial charge in [0, 0.05) is 16.2 Å². The molecule has 0 saturated heterocycles. The molecule has 31 heavy (non-hydrogen) atoms. The molecule has 2 rings (SSSR count). The number of rotatable bonds is 13. The van der Waals surface area contributed by atoms with E-state index in [2.05, 4.69) is 0 Å². The third-order valence-electron chi connectivity index (χ3n) is 5.70. The summed E-state index contributed by atoms with van der Waals surface area (Å²) < 4.78 is 4.93. The Morgan fingerprint density at radius 1 is 1.32 bits per heavy atom. The van der Waals surface area contributed by atoms with Crippen LogP contribution in [0.15, 0.2) is 24.3 Å². The number of esters is 1. The number of aliphatic hydroxyl groups is 4. The molecule has 0 spiro atoms. The van der Waals surface area contributed by atoms with Crippen LogP contribution < -0.4 is 0 Å². The molecule has 1 fully saturated rings. The molecule has 4 N–H and O–H groups in total. The van der Waals surface area contributed by atoms with Crippen molar-refractivity contribution in [3.63, 3.8) is 0 Å². The van der Waals surface area contributed by atoms with E-state index in [1.165, 1.54) is 11.3 Å². The van der Waals surface area contributed by atoms with Crippen LogP contribution in [0, 0.1) is 11.8 Å². The lowest BCUT2D eigenvalue weighted by atomic mass is 9.89. The number of aryl methyl sites for hydroxylation is 1. The van der Waals surface area contributed by atoms with Crippen molar-refractivity contribution in [1.82, 2.24) is 0 Å². The van der Waals surface area contributed by atoms with E-state index in [1.54, 1.807) is 19.1 Å². The van der Waals surface area contributed by atoms with Crippen molar-refractivity contribution >= 4 is 28.9 Å². The van der Waals surface area contributed by atoms with E-state index in [0.29, 0.717) is 24.1 Å². The lowest BCUT2D eigenvalue weighted by Crippen LogP contribution is -2.19. The smallest absolute Gasteiger partial charge is 0.348 e. The van der Waals surface area contributed by atoms with Crippen molar-refractivity contribution in [1.29, 1.82) is 0 Å². The number of aliphatic hydroxyl groups excluding tert-OH is 4. The molecule has 6 atom stereocenters. The standard InChI is InChI=1S/C23H35ClO6S/c1-15(26)4-2-5-16(27)8-10-19-18(20(24)14-21(19)28)7-3-6-17-9-11-22(31-17)23(29)30-13-12-25/h8-11,15-16,18-21,25-28H,2-7,12-14H2,1H3/b10-8+/t15-,16+,18-,19-,20-,21-/m1/s1. The van der Waals surface area contributed by atoms with Gasteiger partial charge in [0.15, 0.2) is 0 Å². The van der Waals surface area contributed by atoms with E-state index in [0.717, 1.165) is 30.6 Å². The molecule has 1 aliphatic carbocycles. The lowest BCUT2D eigenvalue weighted by molar-refractivity contribution is 0.0439. The molecule has 0 aromatic carbocycles. The van der Waals surface area contributed by atoms with Gasteiger partial charge in [-0.15, -0.1) is 22.9 Å². The van der Waals surface area contributed by atoms with E-state index in [4.69, 9.17) is 21.4 Å². The Kier molecular flexibility index (Phi) is 11.5. The number of carbonyl (C=O) groups excluding carboxylic acids is 1. The first-order chi connectivity index (χ1) is 14.8. The summed E-state index contributed by atoms with van der Waals surface area (Å²) in [6.45, 7) is 1.55.